The van der Waals surface area contributed by atoms with E-state index in [1.807, 2.05) is 37.3 Å². The number of benzene rings is 2. The minimum atomic E-state index is -0.664. The number of aromatic nitrogens is 1. The summed E-state index contributed by atoms with van der Waals surface area (Å²) in [5, 5.41) is 5.73. The number of nitrogens with one attached hydrogen (secondary N) is 2. The van der Waals surface area contributed by atoms with Crippen LogP contribution in [-0.4, -0.2) is 41.0 Å². The largest absolute Gasteiger partial charge is 0.420 e. The number of piperidine rings is 1. The van der Waals surface area contributed by atoms with Crippen LogP contribution in [0.2, 0.25) is 0 Å². The maximum atomic E-state index is 13.2. The Morgan fingerprint density at radius 3 is 2.69 bits per heavy atom. The zero-order valence-corrected chi connectivity index (χ0v) is 18.3. The summed E-state index contributed by atoms with van der Waals surface area (Å²) < 4.78 is 6.69. The first kappa shape index (κ1) is 21.7. The highest BCUT2D eigenvalue weighted by Gasteiger charge is 2.29. The van der Waals surface area contributed by atoms with Gasteiger partial charge in [0.25, 0.3) is 0 Å². The van der Waals surface area contributed by atoms with Crippen molar-refractivity contribution >= 4 is 28.7 Å². The second-order valence-electron chi connectivity index (χ2n) is 8.38. The Labute approximate surface area is 186 Å². The number of fused-ring (bicyclic) bond motifs is 1. The van der Waals surface area contributed by atoms with E-state index in [4.69, 9.17) is 4.42 Å². The van der Waals surface area contributed by atoms with Crippen LogP contribution < -0.4 is 16.4 Å². The molecule has 1 aliphatic rings. The molecule has 0 aliphatic carbocycles. The lowest BCUT2D eigenvalue weighted by molar-refractivity contribution is -0.136. The molecule has 1 fully saturated rings. The van der Waals surface area contributed by atoms with Crippen molar-refractivity contribution in [3.63, 3.8) is 0 Å². The van der Waals surface area contributed by atoms with Gasteiger partial charge in [-0.1, -0.05) is 29.8 Å². The Morgan fingerprint density at radius 2 is 1.91 bits per heavy atom. The highest BCUT2D eigenvalue weighted by molar-refractivity contribution is 5.89. The molecule has 2 N–H and O–H groups in total. The van der Waals surface area contributed by atoms with Gasteiger partial charge < -0.3 is 20.0 Å². The topological polar surface area (TPSA) is 96.6 Å². The van der Waals surface area contributed by atoms with Gasteiger partial charge in [0.05, 0.1) is 5.52 Å². The second kappa shape index (κ2) is 9.30. The van der Waals surface area contributed by atoms with Gasteiger partial charge in [0.15, 0.2) is 5.58 Å². The summed E-state index contributed by atoms with van der Waals surface area (Å²) in [5.41, 5.74) is 2.95. The number of carbonyl (C=O) groups excluding carboxylic acids is 2. The van der Waals surface area contributed by atoms with Crippen molar-refractivity contribution in [3.8, 4) is 0 Å². The van der Waals surface area contributed by atoms with Crippen molar-refractivity contribution in [2.75, 3.05) is 25.0 Å². The SMILES string of the molecule is Cc1ccc(NC(=O)NCC2CCCN(C(=O)C(C)n3c(=O)oc4ccccc43)C2)cc1. The normalized spacial score (nSPS) is 17.2. The third-order valence-corrected chi connectivity index (χ3v) is 5.95. The third kappa shape index (κ3) is 4.69. The number of rotatable bonds is 5. The molecule has 8 heteroatoms. The van der Waals surface area contributed by atoms with Crippen LogP contribution in [-0.2, 0) is 4.79 Å². The fourth-order valence-electron chi connectivity index (χ4n) is 4.21. The molecule has 1 saturated heterocycles. The lowest BCUT2D eigenvalue weighted by atomic mass is 9.97. The molecule has 8 nitrogen and oxygen atoms in total. The lowest BCUT2D eigenvalue weighted by Crippen LogP contribution is -2.46. The van der Waals surface area contributed by atoms with E-state index in [1.165, 1.54) is 4.57 Å². The Morgan fingerprint density at radius 1 is 1.16 bits per heavy atom. The van der Waals surface area contributed by atoms with Gasteiger partial charge in [0, 0.05) is 25.3 Å². The van der Waals surface area contributed by atoms with E-state index in [0.29, 0.717) is 30.7 Å². The molecule has 2 aromatic carbocycles. The first-order valence-corrected chi connectivity index (χ1v) is 10.9. The molecule has 3 aromatic rings. The zero-order chi connectivity index (χ0) is 22.7. The number of anilines is 1. The van der Waals surface area contributed by atoms with Crippen molar-refractivity contribution in [1.82, 2.24) is 14.8 Å². The second-order valence-corrected chi connectivity index (χ2v) is 8.38. The molecule has 4 rings (SSSR count). The predicted octanol–water partition coefficient (Wildman–Crippen LogP) is 3.52. The molecule has 1 aliphatic heterocycles. The highest BCUT2D eigenvalue weighted by atomic mass is 16.4. The van der Waals surface area contributed by atoms with E-state index in [-0.39, 0.29) is 17.9 Å². The van der Waals surface area contributed by atoms with Crippen molar-refractivity contribution in [2.24, 2.45) is 5.92 Å². The van der Waals surface area contributed by atoms with Crippen LogP contribution in [0.4, 0.5) is 10.5 Å². The van der Waals surface area contributed by atoms with Crippen molar-refractivity contribution < 1.29 is 14.0 Å². The van der Waals surface area contributed by atoms with E-state index in [0.717, 1.165) is 24.1 Å². The highest BCUT2D eigenvalue weighted by Crippen LogP contribution is 2.22. The minimum Gasteiger partial charge on any atom is -0.408 e. The number of nitrogens with zero attached hydrogens (tertiary/aromatic N) is 2. The average molecular weight is 437 g/mol. The Kier molecular flexibility index (Phi) is 6.30. The fourth-order valence-corrected chi connectivity index (χ4v) is 4.21. The molecular formula is C24H28N4O4. The van der Waals surface area contributed by atoms with E-state index in [1.54, 1.807) is 30.0 Å². The van der Waals surface area contributed by atoms with E-state index in [2.05, 4.69) is 10.6 Å². The number of oxazole rings is 1. The van der Waals surface area contributed by atoms with Gasteiger partial charge in [-0.05, 0) is 56.9 Å². The summed E-state index contributed by atoms with van der Waals surface area (Å²) in [4.78, 5) is 39.5. The monoisotopic (exact) mass is 436 g/mol. The Balaban J connectivity index is 1.35. The maximum Gasteiger partial charge on any atom is 0.420 e. The van der Waals surface area contributed by atoms with Gasteiger partial charge in [-0.3, -0.25) is 9.36 Å². The van der Waals surface area contributed by atoms with E-state index in [9.17, 15) is 14.4 Å². The molecule has 168 valence electrons. The van der Waals surface area contributed by atoms with E-state index >= 15 is 0 Å². The fraction of sp³-hybridized carbons (Fsp3) is 0.375. The summed E-state index contributed by atoms with van der Waals surface area (Å²) >= 11 is 0. The number of amides is 3. The van der Waals surface area contributed by atoms with Crippen LogP contribution in [0.15, 0.2) is 57.7 Å². The van der Waals surface area contributed by atoms with Gasteiger partial charge >= 0.3 is 11.8 Å². The average Bonchev–Trinajstić information content (AvgIpc) is 3.14. The number of hydrogen-bond acceptors (Lipinski definition) is 4. The third-order valence-electron chi connectivity index (χ3n) is 5.95. The number of aryl methyl sites for hydroxylation is 1. The van der Waals surface area contributed by atoms with Gasteiger partial charge in [0.2, 0.25) is 5.91 Å². The van der Waals surface area contributed by atoms with Crippen LogP contribution in [0, 0.1) is 12.8 Å². The van der Waals surface area contributed by atoms with Crippen LogP contribution in [0.3, 0.4) is 0 Å². The molecule has 2 atom stereocenters. The number of hydrogen-bond donors (Lipinski definition) is 2. The molecule has 1 aromatic heterocycles. The molecule has 0 saturated carbocycles. The molecule has 0 spiro atoms. The first-order chi connectivity index (χ1) is 15.4. The van der Waals surface area contributed by atoms with Gasteiger partial charge in [-0.2, -0.15) is 0 Å². The molecule has 2 heterocycles. The molecule has 32 heavy (non-hydrogen) atoms. The smallest absolute Gasteiger partial charge is 0.408 e. The number of para-hydroxylation sites is 2. The molecule has 3 amide bonds. The van der Waals surface area contributed by atoms with Crippen molar-refractivity contribution in [3.05, 3.63) is 64.6 Å². The molecular weight excluding hydrogens is 408 g/mol. The van der Waals surface area contributed by atoms with Crippen molar-refractivity contribution in [2.45, 2.75) is 32.7 Å². The number of carbonyl (C=O) groups is 2. The predicted molar refractivity (Wildman–Crippen MR) is 123 cm³/mol. The van der Waals surface area contributed by atoms with Crippen LogP contribution >= 0.6 is 0 Å². The van der Waals surface area contributed by atoms with Crippen molar-refractivity contribution in [1.29, 1.82) is 0 Å². The van der Waals surface area contributed by atoms with E-state index < -0.39 is 11.8 Å². The Hall–Kier alpha value is -3.55. The summed E-state index contributed by atoms with van der Waals surface area (Å²) in [6.07, 6.45) is 1.78. The Bertz CT molecular complexity index is 1160. The number of likely N-dealkylation sites (tertiary alicyclic amines) is 1. The van der Waals surface area contributed by atoms with Gasteiger partial charge in [-0.15, -0.1) is 0 Å². The van der Waals surface area contributed by atoms with Crippen LogP contribution in [0.5, 0.6) is 0 Å². The van der Waals surface area contributed by atoms with Crippen LogP contribution in [0.1, 0.15) is 31.4 Å². The standard InChI is InChI=1S/C24H28N4O4/c1-16-9-11-19(12-10-16)26-23(30)25-14-18-6-5-13-27(15-18)22(29)17(2)28-20-7-3-4-8-21(20)32-24(28)31/h3-4,7-12,17-18H,5-6,13-15H2,1-2H3,(H2,25,26,30). The van der Waals surface area contributed by atoms with Crippen LogP contribution in [0.25, 0.3) is 11.1 Å². The summed E-state index contributed by atoms with van der Waals surface area (Å²) in [5.74, 6) is -0.496. The quantitative estimate of drug-likeness (QED) is 0.640. The molecule has 0 bridgehead atoms. The summed E-state index contributed by atoms with van der Waals surface area (Å²) in [6.45, 7) is 5.37. The summed E-state index contributed by atoms with van der Waals surface area (Å²) in [6, 6.07) is 13.8. The van der Waals surface area contributed by atoms with Gasteiger partial charge in [0.1, 0.15) is 6.04 Å². The zero-order valence-electron chi connectivity index (χ0n) is 18.3. The first-order valence-electron chi connectivity index (χ1n) is 10.9. The van der Waals surface area contributed by atoms with Gasteiger partial charge in [-0.25, -0.2) is 9.59 Å². The maximum absolute atomic E-state index is 13.2. The summed E-state index contributed by atoms with van der Waals surface area (Å²) in [7, 11) is 0. The number of urea groups is 1. The minimum absolute atomic E-state index is 0.118. The molecule has 2 unspecified atom stereocenters. The lowest BCUT2D eigenvalue weighted by Gasteiger charge is -2.34. The molecule has 0 radical (unpaired) electrons.